The van der Waals surface area contributed by atoms with Crippen molar-refractivity contribution in [1.82, 2.24) is 5.32 Å². The number of ether oxygens (including phenoxy) is 1. The van der Waals surface area contributed by atoms with E-state index in [2.05, 4.69) is 9.89 Å². The van der Waals surface area contributed by atoms with E-state index in [0.717, 1.165) is 32.7 Å². The molecule has 2 rings (SSSR count). The van der Waals surface area contributed by atoms with E-state index in [9.17, 15) is 0 Å². The van der Waals surface area contributed by atoms with Crippen LogP contribution in [0.1, 0.15) is 6.42 Å². The van der Waals surface area contributed by atoms with Crippen molar-refractivity contribution in [3.8, 4) is 0 Å². The van der Waals surface area contributed by atoms with Gasteiger partial charge in [0.05, 0.1) is 19.6 Å². The van der Waals surface area contributed by atoms with Crippen LogP contribution in [0.25, 0.3) is 0 Å². The van der Waals surface area contributed by atoms with E-state index in [0.29, 0.717) is 0 Å². The summed E-state index contributed by atoms with van der Waals surface area (Å²) in [6.45, 7) is 5.14. The molecule has 2 aliphatic heterocycles. The Labute approximate surface area is 60.7 Å². The molecule has 0 atom stereocenters. The van der Waals surface area contributed by atoms with Crippen LogP contribution in [0, 0.1) is 0 Å². The highest BCUT2D eigenvalue weighted by Gasteiger charge is 2.21. The first kappa shape index (κ1) is 6.16. The molecular weight excluding hydrogens is 128 g/mol. The molecule has 0 radical (unpaired) electrons. The van der Waals surface area contributed by atoms with Crippen molar-refractivity contribution in [2.24, 2.45) is 0 Å². The molecule has 0 unspecified atom stereocenters. The van der Waals surface area contributed by atoms with Gasteiger partial charge in [0.15, 0.2) is 0 Å². The fourth-order valence-corrected chi connectivity index (χ4v) is 1.52. The summed E-state index contributed by atoms with van der Waals surface area (Å²) in [5.41, 5.74) is 0. The average Bonchev–Trinajstić information content (AvgIpc) is 2.28. The number of amidine groups is 1. The summed E-state index contributed by atoms with van der Waals surface area (Å²) >= 11 is 0. The fraction of sp³-hybridized carbons (Fsp3) is 0.857. The van der Waals surface area contributed by atoms with E-state index in [4.69, 9.17) is 4.74 Å². The predicted octanol–water partition coefficient (Wildman–Crippen LogP) is -0.579. The standard InChI is InChI=1S/C7H12N2O/c1-5-10-6-4-9-3-2-8-7(1)9/h1-6H2/p+1. The molecule has 0 saturated heterocycles. The smallest absolute Gasteiger partial charge is 0.247 e. The molecule has 1 N–H and O–H groups in total. The molecule has 0 fully saturated rings. The van der Waals surface area contributed by atoms with Crippen molar-refractivity contribution in [2.75, 3.05) is 32.8 Å². The lowest BCUT2D eigenvalue weighted by Crippen LogP contribution is -2.22. The van der Waals surface area contributed by atoms with Crippen LogP contribution in [0.5, 0.6) is 0 Å². The van der Waals surface area contributed by atoms with Gasteiger partial charge in [-0.25, -0.2) is 0 Å². The van der Waals surface area contributed by atoms with E-state index in [1.165, 1.54) is 12.4 Å². The Balaban J connectivity index is 2.10. The van der Waals surface area contributed by atoms with Gasteiger partial charge in [-0.3, -0.25) is 9.89 Å². The van der Waals surface area contributed by atoms with Crippen LogP contribution < -0.4 is 5.32 Å². The van der Waals surface area contributed by atoms with Crippen molar-refractivity contribution in [2.45, 2.75) is 6.42 Å². The van der Waals surface area contributed by atoms with Gasteiger partial charge in [-0.15, -0.1) is 0 Å². The second-order valence-corrected chi connectivity index (χ2v) is 2.72. The van der Waals surface area contributed by atoms with Gasteiger partial charge >= 0.3 is 0 Å². The van der Waals surface area contributed by atoms with Gasteiger partial charge in [-0.1, -0.05) is 0 Å². The Morgan fingerprint density at radius 3 is 3.30 bits per heavy atom. The van der Waals surface area contributed by atoms with Crippen LogP contribution in [0.3, 0.4) is 0 Å². The van der Waals surface area contributed by atoms with Crippen LogP contribution in [0.4, 0.5) is 0 Å². The van der Waals surface area contributed by atoms with E-state index in [1.807, 2.05) is 0 Å². The molecule has 0 aromatic heterocycles. The highest BCUT2D eigenvalue weighted by molar-refractivity contribution is 5.78. The molecule has 3 nitrogen and oxygen atoms in total. The maximum atomic E-state index is 5.33. The Morgan fingerprint density at radius 1 is 1.30 bits per heavy atom. The van der Waals surface area contributed by atoms with Gasteiger partial charge in [0.2, 0.25) is 5.84 Å². The Morgan fingerprint density at radius 2 is 2.30 bits per heavy atom. The molecule has 0 saturated carbocycles. The highest BCUT2D eigenvalue weighted by Crippen LogP contribution is 1.97. The van der Waals surface area contributed by atoms with E-state index < -0.39 is 0 Å². The van der Waals surface area contributed by atoms with Crippen molar-refractivity contribution in [3.05, 3.63) is 0 Å². The van der Waals surface area contributed by atoms with Crippen molar-refractivity contribution in [3.63, 3.8) is 0 Å². The van der Waals surface area contributed by atoms with Crippen molar-refractivity contribution in [1.29, 1.82) is 0 Å². The zero-order valence-corrected chi connectivity index (χ0v) is 6.10. The summed E-state index contributed by atoms with van der Waals surface area (Å²) in [6.07, 6.45) is 1.07. The topological polar surface area (TPSA) is 24.3 Å². The third-order valence-corrected chi connectivity index (χ3v) is 2.08. The number of nitrogens with zero attached hydrogens (tertiary/aromatic N) is 1. The number of hydrogen-bond donors (Lipinski definition) is 1. The zero-order valence-electron chi connectivity index (χ0n) is 6.10. The maximum Gasteiger partial charge on any atom is 0.247 e. The molecule has 0 bridgehead atoms. The minimum atomic E-state index is 0.888. The summed E-state index contributed by atoms with van der Waals surface area (Å²) in [6, 6.07) is 0. The lowest BCUT2D eigenvalue weighted by atomic mass is 10.4. The first-order chi connectivity index (χ1) is 4.97. The van der Waals surface area contributed by atoms with E-state index >= 15 is 0 Å². The molecule has 0 aromatic carbocycles. The Bertz CT molecular complexity index is 149. The molecule has 2 aliphatic rings. The van der Waals surface area contributed by atoms with Crippen LogP contribution in [-0.4, -0.2) is 43.3 Å². The van der Waals surface area contributed by atoms with Crippen molar-refractivity contribution < 1.29 is 9.31 Å². The molecule has 56 valence electrons. The molecule has 0 aliphatic carbocycles. The van der Waals surface area contributed by atoms with Gasteiger partial charge in [0, 0.05) is 0 Å². The lowest BCUT2D eigenvalue weighted by molar-refractivity contribution is -0.519. The quantitative estimate of drug-likeness (QED) is 0.456. The van der Waals surface area contributed by atoms with Crippen LogP contribution >= 0.6 is 0 Å². The van der Waals surface area contributed by atoms with E-state index in [-0.39, 0.29) is 0 Å². The maximum absolute atomic E-state index is 5.33. The number of nitrogens with one attached hydrogen (secondary N) is 1. The molecule has 0 amide bonds. The second-order valence-electron chi connectivity index (χ2n) is 2.72. The molecular formula is C7H13N2O+. The minimum absolute atomic E-state index is 0.888. The Kier molecular flexibility index (Phi) is 1.59. The third-order valence-electron chi connectivity index (χ3n) is 2.08. The summed E-state index contributed by atoms with van der Waals surface area (Å²) in [5, 5.41) is 3.36. The minimum Gasteiger partial charge on any atom is -0.377 e. The van der Waals surface area contributed by atoms with Gasteiger partial charge in [-0.05, 0) is 0 Å². The molecule has 2 heterocycles. The largest absolute Gasteiger partial charge is 0.377 e. The lowest BCUT2D eigenvalue weighted by Gasteiger charge is -1.96. The zero-order chi connectivity index (χ0) is 6.81. The van der Waals surface area contributed by atoms with Gasteiger partial charge in [0.25, 0.3) is 0 Å². The van der Waals surface area contributed by atoms with Crippen LogP contribution in [-0.2, 0) is 4.74 Å². The first-order valence-electron chi connectivity index (χ1n) is 3.89. The summed E-state index contributed by atoms with van der Waals surface area (Å²) in [5.74, 6) is 1.39. The van der Waals surface area contributed by atoms with E-state index in [1.54, 1.807) is 0 Å². The third kappa shape index (κ3) is 1.01. The monoisotopic (exact) mass is 141 g/mol. The van der Waals surface area contributed by atoms with Crippen LogP contribution in [0.15, 0.2) is 0 Å². The molecule has 0 aromatic rings. The fourth-order valence-electron chi connectivity index (χ4n) is 1.52. The SMILES string of the molecule is C1C[N+]2=C(CCOCC2)N1. The summed E-state index contributed by atoms with van der Waals surface area (Å²) < 4.78 is 7.71. The first-order valence-corrected chi connectivity index (χ1v) is 3.89. The molecule has 10 heavy (non-hydrogen) atoms. The summed E-state index contributed by atoms with van der Waals surface area (Å²) in [4.78, 5) is 0. The summed E-state index contributed by atoms with van der Waals surface area (Å²) in [7, 11) is 0. The highest BCUT2D eigenvalue weighted by atomic mass is 16.5. The second kappa shape index (κ2) is 2.58. The van der Waals surface area contributed by atoms with Crippen molar-refractivity contribution >= 4 is 5.84 Å². The molecule has 3 heteroatoms. The van der Waals surface area contributed by atoms with Gasteiger partial charge in [-0.2, -0.15) is 0 Å². The Hall–Kier alpha value is -0.570. The van der Waals surface area contributed by atoms with Crippen LogP contribution in [0.2, 0.25) is 0 Å². The average molecular weight is 141 g/mol. The predicted molar refractivity (Wildman–Crippen MR) is 38.4 cm³/mol. The normalized spacial score (nSPS) is 25.6. The number of hydrogen-bond acceptors (Lipinski definition) is 2. The van der Waals surface area contributed by atoms with Gasteiger partial charge < -0.3 is 4.74 Å². The molecule has 0 spiro atoms. The van der Waals surface area contributed by atoms with Gasteiger partial charge in [0.1, 0.15) is 19.6 Å². The number of rotatable bonds is 0.